The van der Waals surface area contributed by atoms with Gasteiger partial charge >= 0.3 is 0 Å². The van der Waals surface area contributed by atoms with Gasteiger partial charge in [0, 0.05) is 31.4 Å². The van der Waals surface area contributed by atoms with Crippen molar-refractivity contribution in [2.24, 2.45) is 0 Å². The lowest BCUT2D eigenvalue weighted by Gasteiger charge is -2.35. The minimum absolute atomic E-state index is 0.177. The van der Waals surface area contributed by atoms with Crippen LogP contribution in [0.15, 0.2) is 71.3 Å². The molecule has 0 aliphatic carbocycles. The van der Waals surface area contributed by atoms with E-state index in [9.17, 15) is 14.0 Å². The largest absolute Gasteiger partial charge is 0.484 e. The Morgan fingerprint density at radius 1 is 1.06 bits per heavy atom. The smallest absolute Gasteiger partial charge is 0.291 e. The highest BCUT2D eigenvalue weighted by Gasteiger charge is 2.23. The summed E-state index contributed by atoms with van der Waals surface area (Å²) in [6.07, 6.45) is 1.42. The predicted molar refractivity (Wildman–Crippen MR) is 123 cm³/mol. The third-order valence-electron chi connectivity index (χ3n) is 5.42. The minimum Gasteiger partial charge on any atom is -0.484 e. The molecule has 1 aliphatic heterocycles. The van der Waals surface area contributed by atoms with Crippen LogP contribution in [0, 0.1) is 5.82 Å². The summed E-state index contributed by atoms with van der Waals surface area (Å²) in [7, 11) is 0. The fraction of sp³-hybridized carbons (Fsp3) is 0.280. The molecule has 9 heteroatoms. The molecule has 2 amide bonds. The lowest BCUT2D eigenvalue weighted by molar-refractivity contribution is -0.123. The van der Waals surface area contributed by atoms with Gasteiger partial charge in [-0.3, -0.25) is 14.5 Å². The van der Waals surface area contributed by atoms with Crippen LogP contribution in [-0.4, -0.2) is 56.2 Å². The molecule has 1 atom stereocenters. The third kappa shape index (κ3) is 6.43. The Kier molecular flexibility index (Phi) is 7.90. The van der Waals surface area contributed by atoms with Gasteiger partial charge in [-0.15, -0.1) is 0 Å². The number of nitrogens with zero attached hydrogens (tertiary/aromatic N) is 1. The molecule has 1 unspecified atom stereocenters. The molecule has 2 heterocycles. The number of amides is 2. The number of rotatable bonds is 9. The number of hydrogen-bond donors (Lipinski definition) is 2. The van der Waals surface area contributed by atoms with E-state index >= 15 is 0 Å². The first-order valence-corrected chi connectivity index (χ1v) is 11.0. The van der Waals surface area contributed by atoms with Crippen molar-refractivity contribution in [2.45, 2.75) is 6.04 Å². The molecule has 4 rings (SSSR count). The van der Waals surface area contributed by atoms with E-state index in [0.717, 1.165) is 5.56 Å². The first-order chi connectivity index (χ1) is 16.6. The second kappa shape index (κ2) is 11.4. The summed E-state index contributed by atoms with van der Waals surface area (Å²) in [6, 6.07) is 16.2. The van der Waals surface area contributed by atoms with Gasteiger partial charge in [0.05, 0.1) is 25.5 Å². The first kappa shape index (κ1) is 23.5. The van der Waals surface area contributed by atoms with Crippen LogP contribution in [0.3, 0.4) is 0 Å². The number of ether oxygens (including phenoxy) is 2. The summed E-state index contributed by atoms with van der Waals surface area (Å²) in [5.41, 5.74) is 1.31. The molecule has 3 aromatic rings. The van der Waals surface area contributed by atoms with Crippen LogP contribution in [0.2, 0.25) is 0 Å². The molecule has 0 saturated carbocycles. The number of anilines is 1. The molecule has 0 radical (unpaired) electrons. The van der Waals surface area contributed by atoms with Gasteiger partial charge in [-0.1, -0.05) is 18.2 Å². The quantitative estimate of drug-likeness (QED) is 0.502. The number of carbonyl (C=O) groups is 2. The summed E-state index contributed by atoms with van der Waals surface area (Å²) in [5, 5.41) is 5.59. The van der Waals surface area contributed by atoms with Crippen LogP contribution in [0.4, 0.5) is 10.1 Å². The van der Waals surface area contributed by atoms with Gasteiger partial charge in [0.15, 0.2) is 12.4 Å². The zero-order valence-corrected chi connectivity index (χ0v) is 18.5. The Bertz CT molecular complexity index is 1100. The highest BCUT2D eigenvalue weighted by atomic mass is 19.1. The van der Waals surface area contributed by atoms with Crippen molar-refractivity contribution < 1.29 is 27.9 Å². The van der Waals surface area contributed by atoms with Crippen LogP contribution in [0.1, 0.15) is 22.2 Å². The molecule has 8 nitrogen and oxygen atoms in total. The van der Waals surface area contributed by atoms with Crippen LogP contribution in [-0.2, 0) is 9.53 Å². The van der Waals surface area contributed by atoms with Crippen LogP contribution < -0.4 is 15.4 Å². The summed E-state index contributed by atoms with van der Waals surface area (Å²) >= 11 is 0. The van der Waals surface area contributed by atoms with Crippen molar-refractivity contribution in [1.29, 1.82) is 0 Å². The zero-order chi connectivity index (χ0) is 23.8. The Labute approximate surface area is 196 Å². The van der Waals surface area contributed by atoms with E-state index in [-0.39, 0.29) is 36.0 Å². The van der Waals surface area contributed by atoms with E-state index in [4.69, 9.17) is 13.9 Å². The maximum Gasteiger partial charge on any atom is 0.291 e. The van der Waals surface area contributed by atoms with E-state index < -0.39 is 0 Å². The molecular weight excluding hydrogens is 441 g/mol. The number of nitrogens with one attached hydrogen (secondary N) is 2. The van der Waals surface area contributed by atoms with Crippen molar-refractivity contribution in [3.63, 3.8) is 0 Å². The van der Waals surface area contributed by atoms with Crippen LogP contribution in [0.25, 0.3) is 0 Å². The fourth-order valence-electron chi connectivity index (χ4n) is 3.74. The summed E-state index contributed by atoms with van der Waals surface area (Å²) in [5.74, 6) is -0.378. The van der Waals surface area contributed by atoms with Crippen molar-refractivity contribution >= 4 is 17.5 Å². The lowest BCUT2D eigenvalue weighted by atomic mass is 10.0. The molecule has 0 spiro atoms. The van der Waals surface area contributed by atoms with Crippen molar-refractivity contribution in [3.05, 3.63) is 84.1 Å². The third-order valence-corrected chi connectivity index (χ3v) is 5.42. The number of carbonyl (C=O) groups excluding carboxylic acids is 2. The molecule has 1 fully saturated rings. The predicted octanol–water partition coefficient (Wildman–Crippen LogP) is 3.24. The van der Waals surface area contributed by atoms with E-state index in [1.54, 1.807) is 42.5 Å². The highest BCUT2D eigenvalue weighted by molar-refractivity contribution is 6.02. The van der Waals surface area contributed by atoms with E-state index in [1.165, 1.54) is 18.4 Å². The maximum absolute atomic E-state index is 13.8. The number of halogens is 1. The average Bonchev–Trinajstić information content (AvgIpc) is 3.39. The van der Waals surface area contributed by atoms with Gasteiger partial charge in [0.1, 0.15) is 11.6 Å². The summed E-state index contributed by atoms with van der Waals surface area (Å²) < 4.78 is 29.9. The van der Waals surface area contributed by atoms with Gasteiger partial charge in [-0.05, 0) is 42.0 Å². The lowest BCUT2D eigenvalue weighted by Crippen LogP contribution is -2.44. The molecule has 34 heavy (non-hydrogen) atoms. The molecular formula is C25H26FN3O5. The second-order valence-electron chi connectivity index (χ2n) is 7.77. The molecule has 2 N–H and O–H groups in total. The van der Waals surface area contributed by atoms with Crippen LogP contribution >= 0.6 is 0 Å². The second-order valence-corrected chi connectivity index (χ2v) is 7.77. The molecule has 178 valence electrons. The fourth-order valence-corrected chi connectivity index (χ4v) is 3.74. The normalized spacial score (nSPS) is 14.9. The Balaban J connectivity index is 1.31. The molecule has 1 saturated heterocycles. The van der Waals surface area contributed by atoms with E-state index in [0.29, 0.717) is 44.3 Å². The summed E-state index contributed by atoms with van der Waals surface area (Å²) in [6.45, 7) is 2.69. The van der Waals surface area contributed by atoms with E-state index in [1.807, 2.05) is 6.07 Å². The monoisotopic (exact) mass is 467 g/mol. The van der Waals surface area contributed by atoms with E-state index in [2.05, 4.69) is 15.5 Å². The standard InChI is InChI=1S/C25H26FN3O5/c26-19-5-1-4-18(14-19)22(29-9-12-32-13-10-29)16-27-24(30)17-34-21-7-2-6-20(15-21)28-25(31)23-8-3-11-33-23/h1-8,11,14-15,22H,9-10,12-13,16-17H2,(H,27,30)(H,28,31). The van der Waals surface area contributed by atoms with Gasteiger partial charge in [0.25, 0.3) is 11.8 Å². The molecule has 0 bridgehead atoms. The molecule has 1 aromatic heterocycles. The Hall–Kier alpha value is -3.69. The Morgan fingerprint density at radius 2 is 1.88 bits per heavy atom. The van der Waals surface area contributed by atoms with Crippen LogP contribution in [0.5, 0.6) is 5.75 Å². The minimum atomic E-state index is -0.383. The SMILES string of the molecule is O=C(COc1cccc(NC(=O)c2ccco2)c1)NCC(c1cccc(F)c1)N1CCOCC1. The number of hydrogen-bond acceptors (Lipinski definition) is 6. The van der Waals surface area contributed by atoms with Crippen molar-refractivity contribution in [3.8, 4) is 5.75 Å². The zero-order valence-electron chi connectivity index (χ0n) is 18.5. The summed E-state index contributed by atoms with van der Waals surface area (Å²) in [4.78, 5) is 26.8. The average molecular weight is 467 g/mol. The maximum atomic E-state index is 13.8. The number of furan rings is 1. The molecule has 2 aromatic carbocycles. The Morgan fingerprint density at radius 3 is 2.65 bits per heavy atom. The van der Waals surface area contributed by atoms with Gasteiger partial charge in [-0.25, -0.2) is 4.39 Å². The van der Waals surface area contributed by atoms with Gasteiger partial charge in [-0.2, -0.15) is 0 Å². The van der Waals surface area contributed by atoms with Crippen molar-refractivity contribution in [1.82, 2.24) is 10.2 Å². The van der Waals surface area contributed by atoms with Gasteiger partial charge in [0.2, 0.25) is 0 Å². The van der Waals surface area contributed by atoms with Crippen molar-refractivity contribution in [2.75, 3.05) is 44.8 Å². The number of benzene rings is 2. The van der Waals surface area contributed by atoms with Gasteiger partial charge < -0.3 is 24.5 Å². The molecule has 1 aliphatic rings. The first-order valence-electron chi connectivity index (χ1n) is 11.0. The number of morpholine rings is 1. The highest BCUT2D eigenvalue weighted by Crippen LogP contribution is 2.22. The topological polar surface area (TPSA) is 93.0 Å².